The third-order valence-electron chi connectivity index (χ3n) is 7.49. The Morgan fingerprint density at radius 3 is 2.61 bits per heavy atom. The Morgan fingerprint density at radius 1 is 1.14 bits per heavy atom. The molecule has 4 heterocycles. The fourth-order valence-electron chi connectivity index (χ4n) is 5.57. The van der Waals surface area contributed by atoms with Crippen molar-refractivity contribution in [2.24, 2.45) is 17.8 Å². The van der Waals surface area contributed by atoms with Crippen LogP contribution in [-0.2, 0) is 11.3 Å². The number of piperidine rings is 1. The number of hydrogen-bond donors (Lipinski definition) is 0. The number of amides is 1. The van der Waals surface area contributed by atoms with E-state index in [1.165, 1.54) is 23.0 Å². The van der Waals surface area contributed by atoms with Crippen LogP contribution < -0.4 is 14.5 Å². The van der Waals surface area contributed by atoms with Crippen molar-refractivity contribution in [3.63, 3.8) is 0 Å². The van der Waals surface area contributed by atoms with Gasteiger partial charge in [0.1, 0.15) is 5.82 Å². The van der Waals surface area contributed by atoms with E-state index < -0.39 is 6.09 Å². The molecule has 1 aromatic carbocycles. The summed E-state index contributed by atoms with van der Waals surface area (Å²) < 4.78 is 26.2. The first kappa shape index (κ1) is 23.4. The Hall–Kier alpha value is -3.01. The number of nitrogens with zero attached hydrogens (tertiary/aromatic N) is 4. The Morgan fingerprint density at radius 2 is 1.92 bits per heavy atom. The standard InChI is InChI=1S/C27H29FN4O3S/c28-24-14-20(3-4-25(24)31-9-11-34-12-10-31)32(27(33)35-26-2-1-13-36-26)18-23-21-16-30(17-22(21)23)15-19-5-7-29-8-6-19/h1-8,13-14,21-23H,9-12,15-18H2. The smallest absolute Gasteiger partial charge is 0.399 e. The minimum absolute atomic E-state index is 0.331. The van der Waals surface area contributed by atoms with E-state index in [2.05, 4.69) is 22.0 Å². The molecule has 188 valence electrons. The summed E-state index contributed by atoms with van der Waals surface area (Å²) >= 11 is 1.37. The van der Waals surface area contributed by atoms with Gasteiger partial charge in [0.15, 0.2) is 5.06 Å². The molecule has 7 nitrogen and oxygen atoms in total. The molecule has 6 rings (SSSR count). The van der Waals surface area contributed by atoms with Crippen molar-refractivity contribution in [1.82, 2.24) is 9.88 Å². The zero-order valence-electron chi connectivity index (χ0n) is 20.0. The Bertz CT molecular complexity index is 1180. The number of anilines is 2. The van der Waals surface area contributed by atoms with Crippen LogP contribution in [0.3, 0.4) is 0 Å². The summed E-state index contributed by atoms with van der Waals surface area (Å²) in [5, 5.41) is 2.40. The molecular weight excluding hydrogens is 479 g/mol. The summed E-state index contributed by atoms with van der Waals surface area (Å²) in [4.78, 5) is 23.4. The van der Waals surface area contributed by atoms with Crippen molar-refractivity contribution in [3.05, 3.63) is 71.6 Å². The van der Waals surface area contributed by atoms with Gasteiger partial charge < -0.3 is 14.4 Å². The lowest BCUT2D eigenvalue weighted by molar-refractivity contribution is 0.122. The van der Waals surface area contributed by atoms with Gasteiger partial charge in [0.2, 0.25) is 0 Å². The van der Waals surface area contributed by atoms with Crippen LogP contribution in [0.2, 0.25) is 0 Å². The quantitative estimate of drug-likeness (QED) is 0.468. The molecule has 0 radical (unpaired) electrons. The maximum absolute atomic E-state index is 15.2. The highest BCUT2D eigenvalue weighted by Gasteiger charge is 2.56. The molecule has 2 unspecified atom stereocenters. The van der Waals surface area contributed by atoms with Crippen molar-refractivity contribution < 1.29 is 18.7 Å². The second-order valence-corrected chi connectivity index (χ2v) is 10.6. The molecule has 1 aliphatic carbocycles. The van der Waals surface area contributed by atoms with Gasteiger partial charge in [-0.15, -0.1) is 11.3 Å². The topological polar surface area (TPSA) is 58.1 Å². The number of fused-ring (bicyclic) bond motifs is 1. The number of carbonyl (C=O) groups excluding carboxylic acids is 1. The molecule has 9 heteroatoms. The van der Waals surface area contributed by atoms with Crippen LogP contribution in [0.15, 0.2) is 60.2 Å². The van der Waals surface area contributed by atoms with Gasteiger partial charge in [-0.3, -0.25) is 14.8 Å². The minimum Gasteiger partial charge on any atom is -0.399 e. The molecule has 2 saturated heterocycles. The van der Waals surface area contributed by atoms with E-state index in [-0.39, 0.29) is 5.82 Å². The summed E-state index contributed by atoms with van der Waals surface area (Å²) in [7, 11) is 0. The first-order chi connectivity index (χ1) is 17.7. The summed E-state index contributed by atoms with van der Waals surface area (Å²) in [5.74, 6) is 1.14. The van der Waals surface area contributed by atoms with E-state index in [4.69, 9.17) is 9.47 Å². The maximum Gasteiger partial charge on any atom is 0.420 e. The Kier molecular flexibility index (Phi) is 6.60. The van der Waals surface area contributed by atoms with Crippen molar-refractivity contribution in [2.75, 3.05) is 55.7 Å². The first-order valence-corrected chi connectivity index (χ1v) is 13.3. The highest BCUT2D eigenvalue weighted by molar-refractivity contribution is 7.11. The predicted molar refractivity (Wildman–Crippen MR) is 137 cm³/mol. The number of rotatable bonds is 7. The molecule has 1 amide bonds. The molecule has 2 aliphatic heterocycles. The van der Waals surface area contributed by atoms with E-state index >= 15 is 4.39 Å². The van der Waals surface area contributed by atoms with Crippen LogP contribution in [-0.4, -0.2) is 61.9 Å². The number of likely N-dealkylation sites (tertiary alicyclic amines) is 1. The zero-order chi connectivity index (χ0) is 24.5. The number of halogens is 1. The van der Waals surface area contributed by atoms with Gasteiger partial charge in [-0.2, -0.15) is 0 Å². The molecule has 0 spiro atoms. The summed E-state index contributed by atoms with van der Waals surface area (Å²) in [6.07, 6.45) is 3.19. The molecule has 2 aromatic heterocycles. The van der Waals surface area contributed by atoms with Crippen LogP contribution in [0.4, 0.5) is 20.6 Å². The van der Waals surface area contributed by atoms with Crippen LogP contribution in [0.25, 0.3) is 0 Å². The SMILES string of the molecule is O=C(Oc1cccs1)N(CC1C2CN(Cc3ccncc3)CC21)c1ccc(N2CCOCC2)c(F)c1. The number of morpholine rings is 1. The molecular formula is C27H29FN4O3S. The van der Waals surface area contributed by atoms with Crippen molar-refractivity contribution in [3.8, 4) is 5.06 Å². The molecule has 1 saturated carbocycles. The van der Waals surface area contributed by atoms with Crippen molar-refractivity contribution in [1.29, 1.82) is 0 Å². The summed E-state index contributed by atoms with van der Waals surface area (Å²) in [6.45, 7) is 5.95. The largest absolute Gasteiger partial charge is 0.420 e. The second-order valence-electron chi connectivity index (χ2n) is 9.69. The highest BCUT2D eigenvalue weighted by atomic mass is 32.1. The predicted octanol–water partition coefficient (Wildman–Crippen LogP) is 4.50. The summed E-state index contributed by atoms with van der Waals surface area (Å²) in [6, 6.07) is 12.8. The van der Waals surface area contributed by atoms with Gasteiger partial charge in [-0.1, -0.05) is 0 Å². The third-order valence-corrected chi connectivity index (χ3v) is 8.24. The fourth-order valence-corrected chi connectivity index (χ4v) is 6.13. The van der Waals surface area contributed by atoms with Gasteiger partial charge in [0.05, 0.1) is 24.6 Å². The average molecular weight is 509 g/mol. The van der Waals surface area contributed by atoms with Crippen LogP contribution in [0, 0.1) is 23.6 Å². The van der Waals surface area contributed by atoms with E-state index in [0.717, 1.165) is 19.6 Å². The van der Waals surface area contributed by atoms with Gasteiger partial charge >= 0.3 is 6.09 Å². The summed E-state index contributed by atoms with van der Waals surface area (Å²) in [5.41, 5.74) is 2.34. The van der Waals surface area contributed by atoms with Crippen LogP contribution >= 0.6 is 11.3 Å². The fraction of sp³-hybridized carbons (Fsp3) is 0.407. The van der Waals surface area contributed by atoms with Crippen LogP contribution in [0.1, 0.15) is 5.56 Å². The van der Waals surface area contributed by atoms with Gasteiger partial charge in [-0.25, -0.2) is 9.18 Å². The Balaban J connectivity index is 1.15. The average Bonchev–Trinajstić information content (AvgIpc) is 3.24. The lowest BCUT2D eigenvalue weighted by atomic mass is 10.2. The van der Waals surface area contributed by atoms with E-state index in [1.807, 2.05) is 34.8 Å². The highest BCUT2D eigenvalue weighted by Crippen LogP contribution is 2.52. The third kappa shape index (κ3) is 4.96. The van der Waals surface area contributed by atoms with Gasteiger partial charge in [0.25, 0.3) is 0 Å². The van der Waals surface area contributed by atoms with Gasteiger partial charge in [0, 0.05) is 51.7 Å². The number of ether oxygens (including phenoxy) is 2. The molecule has 3 aliphatic rings. The first-order valence-electron chi connectivity index (χ1n) is 12.4. The number of carbonyl (C=O) groups is 1. The second kappa shape index (κ2) is 10.2. The van der Waals surface area contributed by atoms with E-state index in [1.54, 1.807) is 17.0 Å². The Labute approximate surface area is 214 Å². The number of thiophene rings is 1. The molecule has 0 N–H and O–H groups in total. The molecule has 3 fully saturated rings. The lowest BCUT2D eigenvalue weighted by Crippen LogP contribution is -2.38. The number of pyridine rings is 1. The van der Waals surface area contributed by atoms with Crippen LogP contribution in [0.5, 0.6) is 5.06 Å². The molecule has 36 heavy (non-hydrogen) atoms. The van der Waals surface area contributed by atoms with Gasteiger partial charge in [-0.05, 0) is 71.2 Å². The molecule has 2 atom stereocenters. The number of aromatic nitrogens is 1. The zero-order valence-corrected chi connectivity index (χ0v) is 20.8. The van der Waals surface area contributed by atoms with E-state index in [9.17, 15) is 4.79 Å². The van der Waals surface area contributed by atoms with Crippen molar-refractivity contribution in [2.45, 2.75) is 6.54 Å². The normalized spacial score (nSPS) is 23.4. The molecule has 3 aromatic rings. The monoisotopic (exact) mass is 508 g/mol. The molecule has 0 bridgehead atoms. The van der Waals surface area contributed by atoms with Crippen molar-refractivity contribution >= 4 is 28.8 Å². The number of hydrogen-bond acceptors (Lipinski definition) is 7. The lowest BCUT2D eigenvalue weighted by Gasteiger charge is -2.30. The van der Waals surface area contributed by atoms with E-state index in [0.29, 0.717) is 67.0 Å². The minimum atomic E-state index is -0.463. The number of benzene rings is 1. The maximum atomic E-state index is 15.2.